The maximum absolute atomic E-state index is 12.4. The number of benzene rings is 1. The van der Waals surface area contributed by atoms with Gasteiger partial charge in [0.2, 0.25) is 0 Å². The molecule has 0 aliphatic heterocycles. The first kappa shape index (κ1) is 15.7. The highest BCUT2D eigenvalue weighted by Gasteiger charge is 2.30. The first-order valence-corrected chi connectivity index (χ1v) is 6.45. The van der Waals surface area contributed by atoms with E-state index in [0.29, 0.717) is 12.8 Å². The average Bonchev–Trinajstić information content (AvgIpc) is 2.34. The van der Waals surface area contributed by atoms with E-state index in [1.165, 1.54) is 12.1 Å². The first-order valence-electron chi connectivity index (χ1n) is 6.45. The van der Waals surface area contributed by atoms with E-state index in [1.54, 1.807) is 0 Å². The number of alkyl halides is 3. The van der Waals surface area contributed by atoms with Crippen molar-refractivity contribution in [3.63, 3.8) is 0 Å². The van der Waals surface area contributed by atoms with Crippen LogP contribution in [0.4, 0.5) is 13.2 Å². The molecular weight excluding hydrogens is 253 g/mol. The van der Waals surface area contributed by atoms with Crippen LogP contribution in [0.15, 0.2) is 24.3 Å². The molecule has 1 nitrogen and oxygen atoms in total. The highest BCUT2D eigenvalue weighted by atomic mass is 19.4. The summed E-state index contributed by atoms with van der Waals surface area (Å²) in [7, 11) is 0. The number of halogens is 3. The predicted octanol–water partition coefficient (Wildman–Crippen LogP) is 4.50. The molecular formula is C15H19F3O. The molecule has 4 heteroatoms. The van der Waals surface area contributed by atoms with Crippen molar-refractivity contribution in [3.05, 3.63) is 35.4 Å². The summed E-state index contributed by atoms with van der Waals surface area (Å²) in [4.78, 5) is 11.9. The van der Waals surface area contributed by atoms with Gasteiger partial charge in [0, 0.05) is 11.8 Å². The Kier molecular flexibility index (Phi) is 5.15. The molecule has 0 fully saturated rings. The molecule has 1 unspecified atom stereocenters. The van der Waals surface area contributed by atoms with E-state index in [2.05, 4.69) is 0 Å². The predicted molar refractivity (Wildman–Crippen MR) is 68.8 cm³/mol. The molecule has 1 atom stereocenters. The highest BCUT2D eigenvalue weighted by molar-refractivity contribution is 5.83. The van der Waals surface area contributed by atoms with Crippen LogP contribution < -0.4 is 0 Å². The molecule has 0 amide bonds. The summed E-state index contributed by atoms with van der Waals surface area (Å²) >= 11 is 0. The lowest BCUT2D eigenvalue weighted by molar-refractivity contribution is -0.137. The van der Waals surface area contributed by atoms with Gasteiger partial charge in [0.25, 0.3) is 0 Å². The zero-order valence-electron chi connectivity index (χ0n) is 11.4. The molecule has 0 spiro atoms. The Morgan fingerprint density at radius 3 is 2.05 bits per heavy atom. The second kappa shape index (κ2) is 6.22. The van der Waals surface area contributed by atoms with Crippen LogP contribution in [0.1, 0.15) is 38.3 Å². The van der Waals surface area contributed by atoms with E-state index in [-0.39, 0.29) is 17.6 Å². The van der Waals surface area contributed by atoms with Crippen molar-refractivity contribution < 1.29 is 18.0 Å². The van der Waals surface area contributed by atoms with Crippen molar-refractivity contribution in [1.82, 2.24) is 0 Å². The van der Waals surface area contributed by atoms with Gasteiger partial charge in [-0.05, 0) is 30.5 Å². The van der Waals surface area contributed by atoms with Crippen LogP contribution in [-0.2, 0) is 17.4 Å². The van der Waals surface area contributed by atoms with Crippen LogP contribution in [0.3, 0.4) is 0 Å². The molecule has 1 aromatic rings. The molecule has 19 heavy (non-hydrogen) atoms. The van der Waals surface area contributed by atoms with Crippen molar-refractivity contribution in [2.75, 3.05) is 0 Å². The minimum absolute atomic E-state index is 0.0422. The Balaban J connectivity index is 2.79. The summed E-state index contributed by atoms with van der Waals surface area (Å²) in [5.41, 5.74) is 0.119. The topological polar surface area (TPSA) is 17.1 Å². The lowest BCUT2D eigenvalue weighted by Gasteiger charge is -2.16. The van der Waals surface area contributed by atoms with Gasteiger partial charge < -0.3 is 0 Å². The molecule has 1 aromatic carbocycles. The Hall–Kier alpha value is -1.32. The standard InChI is InChI=1S/C15H19F3O/c1-4-12(14(19)10(2)3)9-11-5-7-13(8-6-11)15(16,17)18/h5-8,10,12H,4,9H2,1-3H3. The Morgan fingerprint density at radius 1 is 1.16 bits per heavy atom. The Labute approximate surface area is 111 Å². The SMILES string of the molecule is CCC(Cc1ccc(C(F)(F)F)cc1)C(=O)C(C)C. The largest absolute Gasteiger partial charge is 0.416 e. The van der Waals surface area contributed by atoms with Crippen LogP contribution >= 0.6 is 0 Å². The van der Waals surface area contributed by atoms with E-state index in [0.717, 1.165) is 17.7 Å². The van der Waals surface area contributed by atoms with Gasteiger partial charge >= 0.3 is 6.18 Å². The summed E-state index contributed by atoms with van der Waals surface area (Å²) in [6, 6.07) is 5.06. The number of rotatable bonds is 5. The first-order chi connectivity index (χ1) is 8.75. The third-order valence-electron chi connectivity index (χ3n) is 3.23. The summed E-state index contributed by atoms with van der Waals surface area (Å²) in [5, 5.41) is 0. The van der Waals surface area contributed by atoms with Gasteiger partial charge in [-0.1, -0.05) is 32.9 Å². The lowest BCUT2D eigenvalue weighted by atomic mass is 9.87. The quantitative estimate of drug-likeness (QED) is 0.771. The Morgan fingerprint density at radius 2 is 1.68 bits per heavy atom. The number of carbonyl (C=O) groups excluding carboxylic acids is 1. The van der Waals surface area contributed by atoms with Crippen LogP contribution in [0.5, 0.6) is 0 Å². The maximum Gasteiger partial charge on any atom is 0.416 e. The molecule has 0 radical (unpaired) electrons. The minimum atomic E-state index is -4.31. The third-order valence-corrected chi connectivity index (χ3v) is 3.23. The monoisotopic (exact) mass is 272 g/mol. The second-order valence-electron chi connectivity index (χ2n) is 5.06. The molecule has 0 aliphatic carbocycles. The third kappa shape index (κ3) is 4.37. The van der Waals surface area contributed by atoms with E-state index >= 15 is 0 Å². The van der Waals surface area contributed by atoms with Crippen molar-refractivity contribution in [1.29, 1.82) is 0 Å². The van der Waals surface area contributed by atoms with Crippen molar-refractivity contribution >= 4 is 5.78 Å². The number of hydrogen-bond donors (Lipinski definition) is 0. The average molecular weight is 272 g/mol. The summed E-state index contributed by atoms with van der Waals surface area (Å²) in [5.74, 6) is 0.0125. The van der Waals surface area contributed by atoms with Gasteiger partial charge in [-0.3, -0.25) is 4.79 Å². The van der Waals surface area contributed by atoms with Crippen LogP contribution in [0.25, 0.3) is 0 Å². The van der Waals surface area contributed by atoms with Crippen molar-refractivity contribution in [3.8, 4) is 0 Å². The maximum atomic E-state index is 12.4. The molecule has 0 N–H and O–H groups in total. The minimum Gasteiger partial charge on any atom is -0.299 e. The fourth-order valence-corrected chi connectivity index (χ4v) is 2.03. The molecule has 106 valence electrons. The van der Waals surface area contributed by atoms with Crippen LogP contribution in [0.2, 0.25) is 0 Å². The summed E-state index contributed by atoms with van der Waals surface area (Å²) in [6.07, 6.45) is -3.10. The van der Waals surface area contributed by atoms with Gasteiger partial charge in [-0.2, -0.15) is 13.2 Å². The van der Waals surface area contributed by atoms with Crippen LogP contribution in [-0.4, -0.2) is 5.78 Å². The molecule has 0 saturated heterocycles. The summed E-state index contributed by atoms with van der Waals surface area (Å²) in [6.45, 7) is 5.62. The van der Waals surface area contributed by atoms with Crippen molar-refractivity contribution in [2.45, 2.75) is 39.8 Å². The number of carbonyl (C=O) groups is 1. The lowest BCUT2D eigenvalue weighted by Crippen LogP contribution is -2.21. The highest BCUT2D eigenvalue weighted by Crippen LogP contribution is 2.29. The molecule has 0 bridgehead atoms. The fraction of sp³-hybridized carbons (Fsp3) is 0.533. The normalized spacial score (nSPS) is 13.6. The number of hydrogen-bond acceptors (Lipinski definition) is 1. The van der Waals surface area contributed by atoms with E-state index < -0.39 is 11.7 Å². The Bertz CT molecular complexity index is 418. The molecule has 0 aliphatic rings. The van der Waals surface area contributed by atoms with Gasteiger partial charge in [-0.25, -0.2) is 0 Å². The van der Waals surface area contributed by atoms with Crippen LogP contribution in [0, 0.1) is 11.8 Å². The number of ketones is 1. The fourth-order valence-electron chi connectivity index (χ4n) is 2.03. The van der Waals surface area contributed by atoms with Crippen molar-refractivity contribution in [2.24, 2.45) is 11.8 Å². The zero-order valence-corrected chi connectivity index (χ0v) is 11.4. The molecule has 0 saturated carbocycles. The molecule has 0 heterocycles. The van der Waals surface area contributed by atoms with E-state index in [9.17, 15) is 18.0 Å². The van der Waals surface area contributed by atoms with Gasteiger partial charge in [-0.15, -0.1) is 0 Å². The van der Waals surface area contributed by atoms with Gasteiger partial charge in [0.1, 0.15) is 5.78 Å². The van der Waals surface area contributed by atoms with Gasteiger partial charge in [0.05, 0.1) is 5.56 Å². The molecule has 0 aromatic heterocycles. The van der Waals surface area contributed by atoms with Gasteiger partial charge in [0.15, 0.2) is 0 Å². The zero-order chi connectivity index (χ0) is 14.6. The number of Topliss-reactive ketones (excluding diaryl/α,β-unsaturated/α-hetero) is 1. The summed E-state index contributed by atoms with van der Waals surface area (Å²) < 4.78 is 37.3. The smallest absolute Gasteiger partial charge is 0.299 e. The van der Waals surface area contributed by atoms with E-state index in [1.807, 2.05) is 20.8 Å². The molecule has 1 rings (SSSR count). The second-order valence-corrected chi connectivity index (χ2v) is 5.06. The van der Waals surface area contributed by atoms with E-state index in [4.69, 9.17) is 0 Å².